The first-order valence-corrected chi connectivity index (χ1v) is 6.83. The van der Waals surface area contributed by atoms with E-state index in [2.05, 4.69) is 21.2 Å². The molecular formula is C14H12BrN3O3. The molecule has 0 aliphatic rings. The number of hydrogen-bond acceptors (Lipinski definition) is 4. The fourth-order valence-electron chi connectivity index (χ4n) is 1.73. The zero-order chi connectivity index (χ0) is 15.4. The van der Waals surface area contributed by atoms with Crippen molar-refractivity contribution >= 4 is 38.9 Å². The van der Waals surface area contributed by atoms with Crippen LogP contribution in [0.2, 0.25) is 0 Å². The monoisotopic (exact) mass is 349 g/mol. The van der Waals surface area contributed by atoms with Gasteiger partial charge in [-0.15, -0.1) is 0 Å². The number of amides is 1. The lowest BCUT2D eigenvalue weighted by atomic mass is 10.1. The summed E-state index contributed by atoms with van der Waals surface area (Å²) in [6.07, 6.45) is 0.198. The average Bonchev–Trinajstić information content (AvgIpc) is 2.43. The van der Waals surface area contributed by atoms with Crippen LogP contribution >= 0.6 is 15.9 Å². The summed E-state index contributed by atoms with van der Waals surface area (Å²) >= 11 is 3.20. The van der Waals surface area contributed by atoms with Crippen molar-refractivity contribution in [3.05, 3.63) is 62.6 Å². The zero-order valence-electron chi connectivity index (χ0n) is 10.9. The summed E-state index contributed by atoms with van der Waals surface area (Å²) < 4.78 is 0.461. The molecule has 0 bridgehead atoms. The minimum absolute atomic E-state index is 0.0431. The number of nitro groups is 1. The van der Waals surface area contributed by atoms with Gasteiger partial charge in [0, 0.05) is 22.3 Å². The van der Waals surface area contributed by atoms with E-state index in [9.17, 15) is 14.9 Å². The Morgan fingerprint density at radius 2 is 1.90 bits per heavy atom. The van der Waals surface area contributed by atoms with Crippen LogP contribution in [0, 0.1) is 10.1 Å². The van der Waals surface area contributed by atoms with Crippen molar-refractivity contribution in [2.45, 2.75) is 6.42 Å². The summed E-state index contributed by atoms with van der Waals surface area (Å²) in [6, 6.07) is 11.2. The van der Waals surface area contributed by atoms with Gasteiger partial charge in [-0.05, 0) is 39.7 Å². The highest BCUT2D eigenvalue weighted by molar-refractivity contribution is 9.10. The van der Waals surface area contributed by atoms with E-state index in [0.29, 0.717) is 15.8 Å². The molecule has 0 aliphatic carbocycles. The molecule has 1 amide bonds. The Morgan fingerprint density at radius 1 is 1.24 bits per heavy atom. The Morgan fingerprint density at radius 3 is 2.48 bits per heavy atom. The van der Waals surface area contributed by atoms with Crippen LogP contribution in [0.4, 0.5) is 17.1 Å². The van der Waals surface area contributed by atoms with Crippen LogP contribution in [-0.2, 0) is 11.2 Å². The number of anilines is 2. The Kier molecular flexibility index (Phi) is 4.54. The van der Waals surface area contributed by atoms with E-state index in [4.69, 9.17) is 5.73 Å². The van der Waals surface area contributed by atoms with Crippen LogP contribution in [0.15, 0.2) is 46.9 Å². The smallest absolute Gasteiger partial charge is 0.270 e. The third-order valence-electron chi connectivity index (χ3n) is 2.78. The summed E-state index contributed by atoms with van der Waals surface area (Å²) in [6.45, 7) is 0. The molecule has 0 fully saturated rings. The summed E-state index contributed by atoms with van der Waals surface area (Å²) in [5.41, 5.74) is 7.49. The number of hydrogen-bond donors (Lipinski definition) is 2. The van der Waals surface area contributed by atoms with Crippen LogP contribution in [-0.4, -0.2) is 10.8 Å². The molecule has 2 aromatic rings. The second-order valence-electron chi connectivity index (χ2n) is 4.39. The molecule has 7 heteroatoms. The van der Waals surface area contributed by atoms with Gasteiger partial charge in [0.15, 0.2) is 0 Å². The van der Waals surface area contributed by atoms with E-state index in [1.807, 2.05) is 0 Å². The van der Waals surface area contributed by atoms with E-state index < -0.39 is 4.92 Å². The predicted molar refractivity (Wildman–Crippen MR) is 84.0 cm³/mol. The molecule has 0 radical (unpaired) electrons. The number of benzene rings is 2. The van der Waals surface area contributed by atoms with Gasteiger partial charge in [-0.25, -0.2) is 0 Å². The summed E-state index contributed by atoms with van der Waals surface area (Å²) in [5.74, 6) is -0.214. The highest BCUT2D eigenvalue weighted by Gasteiger charge is 2.11. The van der Waals surface area contributed by atoms with Gasteiger partial charge in [-0.2, -0.15) is 0 Å². The van der Waals surface area contributed by atoms with Crippen molar-refractivity contribution in [2.75, 3.05) is 11.1 Å². The molecule has 0 heterocycles. The number of non-ortho nitro benzene ring substituents is 1. The van der Waals surface area contributed by atoms with Crippen molar-refractivity contribution in [1.29, 1.82) is 0 Å². The lowest BCUT2D eigenvalue weighted by Crippen LogP contribution is -2.14. The van der Waals surface area contributed by atoms with Gasteiger partial charge in [-0.3, -0.25) is 14.9 Å². The van der Waals surface area contributed by atoms with Gasteiger partial charge in [0.05, 0.1) is 17.0 Å². The minimum Gasteiger partial charge on any atom is -0.399 e. The highest BCUT2D eigenvalue weighted by atomic mass is 79.9. The number of nitro benzene ring substituents is 1. The van der Waals surface area contributed by atoms with Gasteiger partial charge in [0.25, 0.3) is 5.69 Å². The number of carbonyl (C=O) groups excluding carboxylic acids is 1. The first-order valence-electron chi connectivity index (χ1n) is 6.04. The van der Waals surface area contributed by atoms with Crippen molar-refractivity contribution in [3.63, 3.8) is 0 Å². The van der Waals surface area contributed by atoms with Crippen molar-refractivity contribution in [3.8, 4) is 0 Å². The molecule has 3 N–H and O–H groups in total. The van der Waals surface area contributed by atoms with Gasteiger partial charge < -0.3 is 11.1 Å². The fraction of sp³-hybridized carbons (Fsp3) is 0.0714. The number of nitrogens with two attached hydrogens (primary N) is 1. The summed E-state index contributed by atoms with van der Waals surface area (Å²) in [4.78, 5) is 22.1. The molecule has 2 aromatic carbocycles. The first kappa shape index (κ1) is 15.0. The Labute approximate surface area is 129 Å². The van der Waals surface area contributed by atoms with E-state index in [0.717, 1.165) is 5.56 Å². The number of nitrogens with one attached hydrogen (secondary N) is 1. The van der Waals surface area contributed by atoms with Crippen LogP contribution < -0.4 is 11.1 Å². The van der Waals surface area contributed by atoms with Gasteiger partial charge in [-0.1, -0.05) is 12.1 Å². The lowest BCUT2D eigenvalue weighted by molar-refractivity contribution is -0.384. The average molecular weight is 350 g/mol. The quantitative estimate of drug-likeness (QED) is 0.503. The van der Waals surface area contributed by atoms with Gasteiger partial charge in [0.1, 0.15) is 0 Å². The summed E-state index contributed by atoms with van der Waals surface area (Å²) in [5, 5.41) is 13.3. The molecule has 2 rings (SSSR count). The maximum absolute atomic E-state index is 11.9. The predicted octanol–water partition coefficient (Wildman–Crippen LogP) is 3.12. The standard InChI is InChI=1S/C14H12BrN3O3/c15-12-8-11(18(20)21)5-6-13(12)17-14(19)7-9-1-3-10(16)4-2-9/h1-6,8H,7,16H2,(H,17,19). The normalized spacial score (nSPS) is 10.1. The topological polar surface area (TPSA) is 98.3 Å². The largest absolute Gasteiger partial charge is 0.399 e. The van der Waals surface area contributed by atoms with Gasteiger partial charge >= 0.3 is 0 Å². The Balaban J connectivity index is 2.06. The van der Waals surface area contributed by atoms with E-state index in [-0.39, 0.29) is 18.0 Å². The molecular weight excluding hydrogens is 338 g/mol. The van der Waals surface area contributed by atoms with Crippen LogP contribution in [0.1, 0.15) is 5.56 Å². The maximum atomic E-state index is 11.9. The second kappa shape index (κ2) is 6.36. The fourth-order valence-corrected chi connectivity index (χ4v) is 2.20. The molecule has 6 nitrogen and oxygen atoms in total. The third kappa shape index (κ3) is 4.03. The number of nitrogens with zero attached hydrogens (tertiary/aromatic N) is 1. The molecule has 0 saturated heterocycles. The molecule has 0 unspecified atom stereocenters. The number of rotatable bonds is 4. The molecule has 0 spiro atoms. The maximum Gasteiger partial charge on any atom is 0.270 e. The van der Waals surface area contributed by atoms with Gasteiger partial charge in [0.2, 0.25) is 5.91 Å². The van der Waals surface area contributed by atoms with Crippen molar-refractivity contribution in [1.82, 2.24) is 0 Å². The molecule has 0 saturated carbocycles. The Bertz CT molecular complexity index is 686. The molecule has 108 valence electrons. The van der Waals surface area contributed by atoms with Crippen LogP contribution in [0.3, 0.4) is 0 Å². The lowest BCUT2D eigenvalue weighted by Gasteiger charge is -2.07. The van der Waals surface area contributed by atoms with Crippen LogP contribution in [0.25, 0.3) is 0 Å². The highest BCUT2D eigenvalue weighted by Crippen LogP contribution is 2.27. The SMILES string of the molecule is Nc1ccc(CC(=O)Nc2ccc([N+](=O)[O-])cc2Br)cc1. The first-order chi connectivity index (χ1) is 9.95. The van der Waals surface area contributed by atoms with E-state index >= 15 is 0 Å². The molecule has 0 aromatic heterocycles. The minimum atomic E-state index is -0.495. The van der Waals surface area contributed by atoms with Crippen LogP contribution in [0.5, 0.6) is 0 Å². The van der Waals surface area contributed by atoms with E-state index in [1.54, 1.807) is 24.3 Å². The number of carbonyl (C=O) groups is 1. The summed E-state index contributed by atoms with van der Waals surface area (Å²) in [7, 11) is 0. The second-order valence-corrected chi connectivity index (χ2v) is 5.24. The molecule has 0 atom stereocenters. The van der Waals surface area contributed by atoms with Crippen molar-refractivity contribution in [2.24, 2.45) is 0 Å². The zero-order valence-corrected chi connectivity index (χ0v) is 12.5. The molecule has 21 heavy (non-hydrogen) atoms. The third-order valence-corrected chi connectivity index (χ3v) is 3.44. The molecule has 0 aliphatic heterocycles. The Hall–Kier alpha value is -2.41. The number of halogens is 1. The van der Waals surface area contributed by atoms with E-state index in [1.165, 1.54) is 18.2 Å². The number of nitrogen functional groups attached to an aromatic ring is 1. The van der Waals surface area contributed by atoms with Crippen molar-refractivity contribution < 1.29 is 9.72 Å².